The topological polar surface area (TPSA) is 24.5 Å². The Bertz CT molecular complexity index is 353. The number of likely N-dealkylation sites (N-methyl/N-ethyl adjacent to an activating group) is 1. The van der Waals surface area contributed by atoms with Gasteiger partial charge in [0, 0.05) is 19.1 Å². The second-order valence-corrected chi connectivity index (χ2v) is 5.17. The van der Waals surface area contributed by atoms with Gasteiger partial charge in [-0.3, -0.25) is 4.90 Å². The van der Waals surface area contributed by atoms with E-state index in [9.17, 15) is 0 Å². The first-order valence-corrected chi connectivity index (χ1v) is 6.80. The summed E-state index contributed by atoms with van der Waals surface area (Å²) < 4.78 is 5.96. The van der Waals surface area contributed by atoms with Crippen LogP contribution in [0.3, 0.4) is 0 Å². The van der Waals surface area contributed by atoms with E-state index in [1.54, 1.807) is 0 Å². The van der Waals surface area contributed by atoms with Gasteiger partial charge in [-0.2, -0.15) is 0 Å². The molecule has 1 N–H and O–H groups in total. The number of hydrogen-bond acceptors (Lipinski definition) is 3. The van der Waals surface area contributed by atoms with Gasteiger partial charge < -0.3 is 10.1 Å². The summed E-state index contributed by atoms with van der Waals surface area (Å²) in [7, 11) is 2.01. The van der Waals surface area contributed by atoms with Crippen LogP contribution < -0.4 is 5.32 Å². The van der Waals surface area contributed by atoms with Crippen molar-refractivity contribution in [1.29, 1.82) is 0 Å². The maximum atomic E-state index is 5.96. The second-order valence-electron chi connectivity index (χ2n) is 5.17. The summed E-state index contributed by atoms with van der Waals surface area (Å²) >= 11 is 0. The second kappa shape index (κ2) is 6.32. The lowest BCUT2D eigenvalue weighted by molar-refractivity contribution is -0.0550. The van der Waals surface area contributed by atoms with E-state index in [0.29, 0.717) is 6.04 Å². The van der Waals surface area contributed by atoms with Crippen LogP contribution >= 0.6 is 0 Å². The summed E-state index contributed by atoms with van der Waals surface area (Å²) in [6, 6.07) is 11.4. The maximum Gasteiger partial charge on any atom is 0.0896 e. The Labute approximate surface area is 110 Å². The van der Waals surface area contributed by atoms with E-state index in [-0.39, 0.29) is 12.1 Å². The number of nitrogens with one attached hydrogen (secondary N) is 1. The molecule has 3 nitrogen and oxygen atoms in total. The van der Waals surface area contributed by atoms with Crippen LogP contribution in [0.1, 0.15) is 25.5 Å². The summed E-state index contributed by atoms with van der Waals surface area (Å²) in [6.45, 7) is 7.36. The van der Waals surface area contributed by atoms with E-state index >= 15 is 0 Å². The third-order valence-corrected chi connectivity index (χ3v) is 3.70. The van der Waals surface area contributed by atoms with Gasteiger partial charge in [-0.15, -0.1) is 0 Å². The van der Waals surface area contributed by atoms with E-state index in [1.807, 2.05) is 7.05 Å². The molecule has 0 saturated carbocycles. The monoisotopic (exact) mass is 248 g/mol. The van der Waals surface area contributed by atoms with Crippen LogP contribution in [0.25, 0.3) is 0 Å². The largest absolute Gasteiger partial charge is 0.374 e. The Balaban J connectivity index is 2.08. The minimum absolute atomic E-state index is 0.230. The predicted molar refractivity (Wildman–Crippen MR) is 74.7 cm³/mol. The number of benzene rings is 1. The molecule has 3 heteroatoms. The molecule has 1 heterocycles. The highest BCUT2D eigenvalue weighted by Crippen LogP contribution is 2.22. The van der Waals surface area contributed by atoms with Crippen molar-refractivity contribution >= 4 is 0 Å². The molecule has 0 amide bonds. The fraction of sp³-hybridized carbons (Fsp3) is 0.600. The number of ether oxygens (including phenoxy) is 1. The van der Waals surface area contributed by atoms with Crippen molar-refractivity contribution in [2.45, 2.75) is 32.0 Å². The van der Waals surface area contributed by atoms with Crippen molar-refractivity contribution in [2.24, 2.45) is 0 Å². The Morgan fingerprint density at radius 3 is 2.61 bits per heavy atom. The van der Waals surface area contributed by atoms with Gasteiger partial charge in [-0.25, -0.2) is 0 Å². The van der Waals surface area contributed by atoms with E-state index in [1.165, 1.54) is 5.56 Å². The Hall–Kier alpha value is -0.900. The Morgan fingerprint density at radius 1 is 1.28 bits per heavy atom. The van der Waals surface area contributed by atoms with Gasteiger partial charge in [0.05, 0.1) is 18.8 Å². The summed E-state index contributed by atoms with van der Waals surface area (Å²) in [6.07, 6.45) is 0.230. The molecule has 0 aliphatic carbocycles. The molecule has 0 spiro atoms. The summed E-state index contributed by atoms with van der Waals surface area (Å²) in [5, 5.41) is 3.40. The molecule has 1 aromatic rings. The lowest BCUT2D eigenvalue weighted by Gasteiger charge is -2.39. The van der Waals surface area contributed by atoms with Crippen molar-refractivity contribution in [3.63, 3.8) is 0 Å². The lowest BCUT2D eigenvalue weighted by Crippen LogP contribution is -2.49. The number of rotatable bonds is 4. The van der Waals surface area contributed by atoms with E-state index in [2.05, 4.69) is 54.4 Å². The first kappa shape index (κ1) is 13.5. The maximum absolute atomic E-state index is 5.96. The van der Waals surface area contributed by atoms with Crippen LogP contribution in [0, 0.1) is 0 Å². The zero-order chi connectivity index (χ0) is 13.0. The van der Waals surface area contributed by atoms with Gasteiger partial charge in [0.15, 0.2) is 0 Å². The van der Waals surface area contributed by atoms with Gasteiger partial charge in [-0.05, 0) is 26.5 Å². The fourth-order valence-electron chi connectivity index (χ4n) is 2.59. The van der Waals surface area contributed by atoms with Gasteiger partial charge in [-0.1, -0.05) is 30.3 Å². The molecule has 2 rings (SSSR count). The van der Waals surface area contributed by atoms with E-state index in [0.717, 1.165) is 19.7 Å². The van der Waals surface area contributed by atoms with Gasteiger partial charge in [0.2, 0.25) is 0 Å². The zero-order valence-electron chi connectivity index (χ0n) is 11.6. The zero-order valence-corrected chi connectivity index (χ0v) is 11.6. The summed E-state index contributed by atoms with van der Waals surface area (Å²) in [4.78, 5) is 2.49. The van der Waals surface area contributed by atoms with Gasteiger partial charge in [0.1, 0.15) is 0 Å². The molecule has 1 aliphatic heterocycles. The molecule has 100 valence electrons. The smallest absolute Gasteiger partial charge is 0.0896 e. The molecule has 1 fully saturated rings. The molecule has 0 radical (unpaired) electrons. The van der Waals surface area contributed by atoms with Crippen molar-refractivity contribution in [3.8, 4) is 0 Å². The van der Waals surface area contributed by atoms with Crippen molar-refractivity contribution < 1.29 is 4.74 Å². The molecule has 2 unspecified atom stereocenters. The highest BCUT2D eigenvalue weighted by atomic mass is 16.5. The number of nitrogens with zero attached hydrogens (tertiary/aromatic N) is 1. The van der Waals surface area contributed by atoms with Crippen LogP contribution in [-0.2, 0) is 4.74 Å². The molecule has 0 bridgehead atoms. The lowest BCUT2D eigenvalue weighted by atomic mass is 10.00. The third-order valence-electron chi connectivity index (χ3n) is 3.70. The molecule has 1 saturated heterocycles. The van der Waals surface area contributed by atoms with Crippen LogP contribution in [0.2, 0.25) is 0 Å². The normalized spacial score (nSPS) is 23.2. The van der Waals surface area contributed by atoms with Crippen molar-refractivity contribution in [2.75, 3.05) is 26.7 Å². The SMILES string of the molecule is CNC(c1ccccc1)C1CN(C(C)C)CCO1. The molecular formula is C15H24N2O. The fourth-order valence-corrected chi connectivity index (χ4v) is 2.59. The van der Waals surface area contributed by atoms with Gasteiger partial charge in [0.25, 0.3) is 0 Å². The average molecular weight is 248 g/mol. The van der Waals surface area contributed by atoms with Gasteiger partial charge >= 0.3 is 0 Å². The standard InChI is InChI=1S/C15H24N2O/c1-12(2)17-9-10-18-14(11-17)15(16-3)13-7-5-4-6-8-13/h4-8,12,14-16H,9-11H2,1-3H3. The van der Waals surface area contributed by atoms with Crippen LogP contribution in [0.5, 0.6) is 0 Å². The van der Waals surface area contributed by atoms with E-state index in [4.69, 9.17) is 4.74 Å². The quantitative estimate of drug-likeness (QED) is 0.882. The molecule has 0 aromatic heterocycles. The Kier molecular flexibility index (Phi) is 4.75. The van der Waals surface area contributed by atoms with Crippen LogP contribution in [-0.4, -0.2) is 43.8 Å². The highest BCUT2D eigenvalue weighted by Gasteiger charge is 2.29. The van der Waals surface area contributed by atoms with Crippen LogP contribution in [0.15, 0.2) is 30.3 Å². The summed E-state index contributed by atoms with van der Waals surface area (Å²) in [5.74, 6) is 0. The Morgan fingerprint density at radius 2 is 2.00 bits per heavy atom. The number of hydrogen-bond donors (Lipinski definition) is 1. The minimum Gasteiger partial charge on any atom is -0.374 e. The van der Waals surface area contributed by atoms with Crippen LogP contribution in [0.4, 0.5) is 0 Å². The molecule has 1 aromatic carbocycles. The number of morpholine rings is 1. The third kappa shape index (κ3) is 3.10. The molecule has 2 atom stereocenters. The summed E-state index contributed by atoms with van der Waals surface area (Å²) in [5.41, 5.74) is 1.30. The average Bonchev–Trinajstić information content (AvgIpc) is 2.41. The predicted octanol–water partition coefficient (Wildman–Crippen LogP) is 2.06. The first-order chi connectivity index (χ1) is 8.72. The van der Waals surface area contributed by atoms with Crippen molar-refractivity contribution in [1.82, 2.24) is 10.2 Å². The molecular weight excluding hydrogens is 224 g/mol. The first-order valence-electron chi connectivity index (χ1n) is 6.80. The minimum atomic E-state index is 0.230. The van der Waals surface area contributed by atoms with E-state index < -0.39 is 0 Å². The molecule has 1 aliphatic rings. The van der Waals surface area contributed by atoms with Crippen molar-refractivity contribution in [3.05, 3.63) is 35.9 Å². The highest BCUT2D eigenvalue weighted by molar-refractivity contribution is 5.20. The molecule has 18 heavy (non-hydrogen) atoms.